The Hall–Kier alpha value is -1.30. The van der Waals surface area contributed by atoms with Crippen molar-refractivity contribution in [3.8, 4) is 0 Å². The fourth-order valence-electron chi connectivity index (χ4n) is 1.31. The maximum atomic E-state index is 10.7. The monoisotopic (exact) mass is 174 g/mol. The van der Waals surface area contributed by atoms with Gasteiger partial charge in [-0.05, 0) is 6.42 Å². The summed E-state index contributed by atoms with van der Waals surface area (Å²) in [5, 5.41) is 18.0. The van der Waals surface area contributed by atoms with Crippen LogP contribution in [-0.4, -0.2) is 39.4 Å². The van der Waals surface area contributed by atoms with E-state index in [-0.39, 0.29) is 13.0 Å². The lowest BCUT2D eigenvalue weighted by Gasteiger charge is -2.27. The zero-order chi connectivity index (χ0) is 9.35. The van der Waals surface area contributed by atoms with Crippen molar-refractivity contribution in [2.75, 3.05) is 6.54 Å². The van der Waals surface area contributed by atoms with Crippen molar-refractivity contribution in [2.45, 2.75) is 18.6 Å². The Balaban J connectivity index is 2.89. The third-order valence-electron chi connectivity index (χ3n) is 1.98. The Labute approximate surface area is 68.6 Å². The van der Waals surface area contributed by atoms with Crippen LogP contribution in [0.5, 0.6) is 0 Å². The molecule has 0 aromatic carbocycles. The maximum absolute atomic E-state index is 10.7. The second-order valence-electron chi connectivity index (χ2n) is 2.72. The second-order valence-corrected chi connectivity index (χ2v) is 2.72. The van der Waals surface area contributed by atoms with Gasteiger partial charge in [-0.3, -0.25) is 9.69 Å². The van der Waals surface area contributed by atoms with Crippen LogP contribution in [0.4, 0.5) is 4.79 Å². The highest BCUT2D eigenvalue weighted by molar-refractivity contribution is 5.87. The Morgan fingerprint density at radius 1 is 1.50 bits per heavy atom. The van der Waals surface area contributed by atoms with Crippen LogP contribution in [0, 0.1) is 0 Å². The maximum Gasteiger partial charge on any atom is 0.409 e. The number of carbonyl (C=O) groups excluding carboxylic acids is 1. The van der Waals surface area contributed by atoms with E-state index in [0.29, 0.717) is 11.3 Å². The van der Waals surface area contributed by atoms with Crippen molar-refractivity contribution in [3.63, 3.8) is 0 Å². The molecule has 68 valence electrons. The molecule has 1 fully saturated rings. The summed E-state index contributed by atoms with van der Waals surface area (Å²) in [4.78, 5) is 21.8. The molecule has 0 bridgehead atoms. The first-order valence-corrected chi connectivity index (χ1v) is 3.51. The van der Waals surface area contributed by atoms with Gasteiger partial charge in [0, 0.05) is 13.0 Å². The van der Waals surface area contributed by atoms with Gasteiger partial charge in [0.1, 0.15) is 0 Å². The molecule has 1 rings (SSSR count). The van der Waals surface area contributed by atoms with Crippen molar-refractivity contribution in [1.29, 1.82) is 0 Å². The van der Waals surface area contributed by atoms with Gasteiger partial charge >= 0.3 is 6.09 Å². The van der Waals surface area contributed by atoms with Crippen LogP contribution in [0.1, 0.15) is 12.8 Å². The molecule has 4 N–H and O–H groups in total. The summed E-state index contributed by atoms with van der Waals surface area (Å²) in [5.74, 6) is -1.01. The largest absolute Gasteiger partial charge is 0.465 e. The molecule has 0 spiro atoms. The minimum absolute atomic E-state index is 0.0780. The molecular formula is C6H10N2O4. The van der Waals surface area contributed by atoms with Gasteiger partial charge in [0.2, 0.25) is 5.72 Å². The van der Waals surface area contributed by atoms with Crippen LogP contribution < -0.4 is 5.73 Å². The highest BCUT2D eigenvalue weighted by Gasteiger charge is 2.47. The van der Waals surface area contributed by atoms with E-state index in [2.05, 4.69) is 0 Å². The van der Waals surface area contributed by atoms with Gasteiger partial charge in [-0.2, -0.15) is 0 Å². The number of rotatable bonds is 1. The van der Waals surface area contributed by atoms with Gasteiger partial charge in [-0.15, -0.1) is 0 Å². The van der Waals surface area contributed by atoms with E-state index < -0.39 is 17.7 Å². The van der Waals surface area contributed by atoms with Gasteiger partial charge < -0.3 is 15.9 Å². The quantitative estimate of drug-likeness (QED) is 0.471. The van der Waals surface area contributed by atoms with Crippen LogP contribution in [0.15, 0.2) is 0 Å². The number of nitrogens with zero attached hydrogens (tertiary/aromatic N) is 1. The first-order chi connectivity index (χ1) is 5.48. The van der Waals surface area contributed by atoms with Crippen LogP contribution in [0.2, 0.25) is 0 Å². The Morgan fingerprint density at radius 2 is 2.08 bits per heavy atom. The summed E-state index contributed by atoms with van der Waals surface area (Å²) in [6, 6.07) is 0. The molecule has 1 aliphatic rings. The van der Waals surface area contributed by atoms with E-state index in [0.717, 1.165) is 0 Å². The first-order valence-electron chi connectivity index (χ1n) is 3.51. The average molecular weight is 174 g/mol. The standard InChI is InChI=1S/C6H10N2O4/c7-4(9)6(12)2-1-3-8(6)5(10)11/h12H,1-3H2,(H2,7,9)(H,10,11). The summed E-state index contributed by atoms with van der Waals surface area (Å²) in [5.41, 5.74) is 2.87. The molecule has 0 radical (unpaired) electrons. The van der Waals surface area contributed by atoms with Crippen molar-refractivity contribution in [2.24, 2.45) is 5.73 Å². The van der Waals surface area contributed by atoms with Crippen LogP contribution in [0.25, 0.3) is 0 Å². The topological polar surface area (TPSA) is 104 Å². The molecule has 0 saturated carbocycles. The van der Waals surface area contributed by atoms with E-state index in [9.17, 15) is 14.7 Å². The van der Waals surface area contributed by atoms with Crippen LogP contribution >= 0.6 is 0 Å². The fourth-order valence-corrected chi connectivity index (χ4v) is 1.31. The number of nitrogens with two attached hydrogens (primary N) is 1. The highest BCUT2D eigenvalue weighted by Crippen LogP contribution is 2.25. The predicted octanol–water partition coefficient (Wildman–Crippen LogP) is -1.07. The average Bonchev–Trinajstić information content (AvgIpc) is 2.32. The molecule has 1 heterocycles. The Kier molecular flexibility index (Phi) is 1.93. The summed E-state index contributed by atoms with van der Waals surface area (Å²) in [7, 11) is 0. The lowest BCUT2D eigenvalue weighted by atomic mass is 10.1. The zero-order valence-electron chi connectivity index (χ0n) is 6.36. The van der Waals surface area contributed by atoms with E-state index in [1.54, 1.807) is 0 Å². The third-order valence-corrected chi connectivity index (χ3v) is 1.98. The summed E-state index contributed by atoms with van der Waals surface area (Å²) < 4.78 is 0. The molecule has 6 heteroatoms. The molecule has 1 aliphatic heterocycles. The number of amides is 2. The number of likely N-dealkylation sites (tertiary alicyclic amines) is 1. The smallest absolute Gasteiger partial charge is 0.409 e. The molecule has 0 aliphatic carbocycles. The van der Waals surface area contributed by atoms with E-state index >= 15 is 0 Å². The van der Waals surface area contributed by atoms with Crippen molar-refractivity contribution < 1.29 is 19.8 Å². The molecule has 1 saturated heterocycles. The number of carbonyl (C=O) groups is 2. The lowest BCUT2D eigenvalue weighted by Crippen LogP contribution is -2.55. The van der Waals surface area contributed by atoms with Crippen molar-refractivity contribution in [3.05, 3.63) is 0 Å². The third kappa shape index (κ3) is 1.10. The van der Waals surface area contributed by atoms with Crippen LogP contribution in [-0.2, 0) is 4.79 Å². The van der Waals surface area contributed by atoms with Gasteiger partial charge in [0.15, 0.2) is 0 Å². The summed E-state index contributed by atoms with van der Waals surface area (Å²) in [6.07, 6.45) is -0.797. The Morgan fingerprint density at radius 3 is 2.42 bits per heavy atom. The SMILES string of the molecule is NC(=O)C1(O)CCCN1C(=O)O. The molecule has 12 heavy (non-hydrogen) atoms. The Bertz CT molecular complexity index is 230. The summed E-state index contributed by atoms with van der Waals surface area (Å²) >= 11 is 0. The van der Waals surface area contributed by atoms with E-state index in [1.807, 2.05) is 0 Å². The van der Waals surface area contributed by atoms with Crippen LogP contribution in [0.3, 0.4) is 0 Å². The number of hydrogen-bond acceptors (Lipinski definition) is 3. The lowest BCUT2D eigenvalue weighted by molar-refractivity contribution is -0.149. The molecule has 6 nitrogen and oxygen atoms in total. The van der Waals surface area contributed by atoms with Gasteiger partial charge in [-0.1, -0.05) is 0 Å². The molecular weight excluding hydrogens is 164 g/mol. The fraction of sp³-hybridized carbons (Fsp3) is 0.667. The molecule has 1 atom stereocenters. The normalized spacial score (nSPS) is 28.9. The summed E-state index contributed by atoms with van der Waals surface area (Å²) in [6.45, 7) is 0.148. The molecule has 0 aromatic rings. The number of carboxylic acid groups (broad SMARTS) is 1. The van der Waals surface area contributed by atoms with Gasteiger partial charge in [0.25, 0.3) is 5.91 Å². The van der Waals surface area contributed by atoms with Gasteiger partial charge in [-0.25, -0.2) is 4.79 Å². The highest BCUT2D eigenvalue weighted by atomic mass is 16.4. The number of aliphatic hydroxyl groups is 1. The van der Waals surface area contributed by atoms with E-state index in [4.69, 9.17) is 10.8 Å². The minimum atomic E-state index is -1.99. The molecule has 0 aromatic heterocycles. The zero-order valence-corrected chi connectivity index (χ0v) is 6.36. The molecule has 2 amide bonds. The molecule has 1 unspecified atom stereocenters. The van der Waals surface area contributed by atoms with Gasteiger partial charge in [0.05, 0.1) is 0 Å². The van der Waals surface area contributed by atoms with E-state index in [1.165, 1.54) is 0 Å². The number of hydrogen-bond donors (Lipinski definition) is 3. The first kappa shape index (κ1) is 8.79. The predicted molar refractivity (Wildman–Crippen MR) is 38.1 cm³/mol. The van der Waals surface area contributed by atoms with Crippen molar-refractivity contribution >= 4 is 12.0 Å². The minimum Gasteiger partial charge on any atom is -0.465 e. The van der Waals surface area contributed by atoms with Crippen molar-refractivity contribution in [1.82, 2.24) is 4.90 Å². The number of primary amides is 1. The second kappa shape index (κ2) is 2.63.